The highest BCUT2D eigenvalue weighted by Crippen LogP contribution is 2.57. The van der Waals surface area contributed by atoms with Crippen molar-refractivity contribution in [1.82, 2.24) is 0 Å². The molecule has 4 nitrogen and oxygen atoms in total. The van der Waals surface area contributed by atoms with Gasteiger partial charge in [0.25, 0.3) is 0 Å². The van der Waals surface area contributed by atoms with Gasteiger partial charge in [0, 0.05) is 6.32 Å². The average molecular weight is 232 g/mol. The lowest BCUT2D eigenvalue weighted by Gasteiger charge is -2.29. The predicted octanol–water partition coefficient (Wildman–Crippen LogP) is 1.60. The number of carboxylic acids is 1. The summed E-state index contributed by atoms with van der Waals surface area (Å²) in [6.45, 7) is 1.74. The summed E-state index contributed by atoms with van der Waals surface area (Å²) in [6, 6.07) is 3.76. The summed E-state index contributed by atoms with van der Waals surface area (Å²) in [5, 5.41) is 19.0. The van der Waals surface area contributed by atoms with E-state index in [1.807, 2.05) is 12.1 Å². The molecule has 0 unspecified atom stereocenters. The van der Waals surface area contributed by atoms with Crippen LogP contribution in [-0.4, -0.2) is 23.2 Å². The largest absolute Gasteiger partial charge is 0.535 e. The van der Waals surface area contributed by atoms with Crippen molar-refractivity contribution in [2.24, 2.45) is 0 Å². The molecule has 0 saturated heterocycles. The molecule has 2 N–H and O–H groups in total. The van der Waals surface area contributed by atoms with Gasteiger partial charge in [0.05, 0.1) is 0 Å². The number of aromatic carboxylic acids is 1. The van der Waals surface area contributed by atoms with E-state index in [0.29, 0.717) is 17.6 Å². The second kappa shape index (κ2) is 3.26. The highest BCUT2D eigenvalue weighted by molar-refractivity contribution is 6.45. The molecule has 1 aliphatic heterocycles. The smallest absolute Gasteiger partial charge is 0.523 e. The van der Waals surface area contributed by atoms with Crippen molar-refractivity contribution >= 4 is 13.1 Å². The number of hydrogen-bond acceptors (Lipinski definition) is 3. The molecule has 1 saturated carbocycles. The molecule has 1 aromatic carbocycles. The van der Waals surface area contributed by atoms with Gasteiger partial charge in [-0.05, 0) is 36.3 Å². The molecule has 1 spiro atoms. The minimum atomic E-state index is -0.996. The Morgan fingerprint density at radius 1 is 1.47 bits per heavy atom. The van der Waals surface area contributed by atoms with E-state index in [1.165, 1.54) is 0 Å². The maximum atomic E-state index is 11.3. The summed E-state index contributed by atoms with van der Waals surface area (Å²) in [5.74, 6) is -0.627. The number of carboxylic acid groups (broad SMARTS) is 1. The summed E-state index contributed by atoms with van der Waals surface area (Å²) in [5.41, 5.74) is 1.77. The summed E-state index contributed by atoms with van der Waals surface area (Å²) in [4.78, 5) is 11.3. The first-order valence-corrected chi connectivity index (χ1v) is 5.76. The fraction of sp³-hybridized carbons (Fsp3) is 0.417. The van der Waals surface area contributed by atoms with Crippen LogP contribution in [-0.2, 0) is 5.41 Å². The van der Waals surface area contributed by atoms with Crippen LogP contribution in [0.5, 0.6) is 5.75 Å². The van der Waals surface area contributed by atoms with Crippen molar-refractivity contribution < 1.29 is 19.6 Å². The van der Waals surface area contributed by atoms with Crippen molar-refractivity contribution in [2.45, 2.75) is 31.5 Å². The Morgan fingerprint density at radius 2 is 2.18 bits per heavy atom. The van der Waals surface area contributed by atoms with Crippen LogP contribution in [0, 0.1) is 6.92 Å². The lowest BCUT2D eigenvalue weighted by Crippen LogP contribution is -2.34. The van der Waals surface area contributed by atoms with Crippen LogP contribution >= 0.6 is 0 Å². The summed E-state index contributed by atoms with van der Waals surface area (Å²) >= 11 is 0. The zero-order valence-electron chi connectivity index (χ0n) is 9.56. The van der Waals surface area contributed by atoms with Gasteiger partial charge in [0.1, 0.15) is 11.3 Å². The number of carbonyl (C=O) groups is 1. The van der Waals surface area contributed by atoms with E-state index in [2.05, 4.69) is 0 Å². The van der Waals surface area contributed by atoms with Crippen LogP contribution < -0.4 is 4.65 Å². The van der Waals surface area contributed by atoms with Gasteiger partial charge in [-0.2, -0.15) is 0 Å². The first-order valence-electron chi connectivity index (χ1n) is 5.76. The molecule has 1 heterocycles. The predicted molar refractivity (Wildman–Crippen MR) is 62.5 cm³/mol. The Hall–Kier alpha value is -1.49. The van der Waals surface area contributed by atoms with Crippen molar-refractivity contribution in [3.8, 4) is 5.75 Å². The van der Waals surface area contributed by atoms with Crippen LogP contribution in [0.15, 0.2) is 12.1 Å². The van der Waals surface area contributed by atoms with Gasteiger partial charge in [-0.25, -0.2) is 4.79 Å². The Bertz CT molecular complexity index is 507. The molecule has 17 heavy (non-hydrogen) atoms. The normalized spacial score (nSPS) is 19.8. The summed E-state index contributed by atoms with van der Waals surface area (Å²) in [6.07, 6.45) is 2.58. The lowest BCUT2D eigenvalue weighted by molar-refractivity contribution is 0.0693. The molecule has 88 valence electrons. The van der Waals surface area contributed by atoms with Crippen molar-refractivity contribution in [3.63, 3.8) is 0 Å². The third-order valence-corrected chi connectivity index (χ3v) is 3.82. The fourth-order valence-electron chi connectivity index (χ4n) is 2.73. The van der Waals surface area contributed by atoms with Gasteiger partial charge in [0.2, 0.25) is 0 Å². The van der Waals surface area contributed by atoms with Gasteiger partial charge in [-0.3, -0.25) is 0 Å². The van der Waals surface area contributed by atoms with Gasteiger partial charge < -0.3 is 14.8 Å². The third kappa shape index (κ3) is 1.46. The van der Waals surface area contributed by atoms with E-state index in [1.54, 1.807) is 6.92 Å². The quantitative estimate of drug-likeness (QED) is 0.721. The molecule has 0 bridgehead atoms. The Balaban J connectivity index is 2.23. The van der Waals surface area contributed by atoms with Gasteiger partial charge in [0.15, 0.2) is 0 Å². The maximum absolute atomic E-state index is 11.3. The van der Waals surface area contributed by atoms with Crippen LogP contribution in [0.1, 0.15) is 34.3 Å². The molecule has 1 fully saturated rings. The van der Waals surface area contributed by atoms with E-state index in [9.17, 15) is 14.9 Å². The van der Waals surface area contributed by atoms with Crippen LogP contribution in [0.3, 0.4) is 0 Å². The van der Waals surface area contributed by atoms with E-state index < -0.39 is 13.1 Å². The monoisotopic (exact) mass is 232 g/mol. The Labute approximate surface area is 99.4 Å². The van der Waals surface area contributed by atoms with Gasteiger partial charge in [-0.1, -0.05) is 12.1 Å². The van der Waals surface area contributed by atoms with Crippen LogP contribution in [0.2, 0.25) is 6.32 Å². The van der Waals surface area contributed by atoms with Gasteiger partial charge in [-0.15, -0.1) is 0 Å². The van der Waals surface area contributed by atoms with E-state index in [-0.39, 0.29) is 11.0 Å². The van der Waals surface area contributed by atoms with E-state index in [0.717, 1.165) is 18.4 Å². The molecular weight excluding hydrogens is 219 g/mol. The number of fused-ring (bicyclic) bond motifs is 2. The molecule has 0 aromatic heterocycles. The summed E-state index contributed by atoms with van der Waals surface area (Å²) < 4.78 is 5.36. The fourth-order valence-corrected chi connectivity index (χ4v) is 2.73. The van der Waals surface area contributed by atoms with Crippen molar-refractivity contribution in [1.29, 1.82) is 0 Å². The van der Waals surface area contributed by atoms with Gasteiger partial charge >= 0.3 is 13.1 Å². The minimum Gasteiger partial charge on any atom is -0.535 e. The highest BCUT2D eigenvalue weighted by Gasteiger charge is 2.53. The van der Waals surface area contributed by atoms with E-state index >= 15 is 0 Å². The topological polar surface area (TPSA) is 66.8 Å². The number of rotatable bonds is 1. The standard InChI is InChI=1S/C12H13BO4/c1-7-2-3-8-10(9(7)11(14)15)17-13(16)6-12(8)4-5-12/h2-3,16H,4-6H2,1H3,(H,14,15). The maximum Gasteiger partial charge on any atom is 0.523 e. The minimum absolute atomic E-state index is 0.0368. The second-order valence-corrected chi connectivity index (χ2v) is 5.00. The molecular formula is C12H13BO4. The second-order valence-electron chi connectivity index (χ2n) is 5.00. The molecule has 2 aliphatic rings. The van der Waals surface area contributed by atoms with E-state index in [4.69, 9.17) is 4.65 Å². The zero-order chi connectivity index (χ0) is 12.2. The number of benzene rings is 1. The first kappa shape index (κ1) is 10.7. The molecule has 0 amide bonds. The average Bonchev–Trinajstić information content (AvgIpc) is 2.96. The molecule has 0 radical (unpaired) electrons. The Morgan fingerprint density at radius 3 is 2.76 bits per heavy atom. The zero-order valence-corrected chi connectivity index (χ0v) is 9.56. The molecule has 1 aromatic rings. The number of aryl methyl sites for hydroxylation is 1. The van der Waals surface area contributed by atoms with Crippen molar-refractivity contribution in [3.05, 3.63) is 28.8 Å². The third-order valence-electron chi connectivity index (χ3n) is 3.82. The molecule has 3 rings (SSSR count). The number of hydrogen-bond donors (Lipinski definition) is 2. The molecule has 0 atom stereocenters. The highest BCUT2D eigenvalue weighted by atomic mass is 16.5. The molecule has 5 heteroatoms. The summed E-state index contributed by atoms with van der Waals surface area (Å²) in [7, 11) is -0.884. The lowest BCUT2D eigenvalue weighted by atomic mass is 9.69. The SMILES string of the molecule is Cc1ccc2c(c1C(=O)O)OB(O)CC21CC1. The van der Waals surface area contributed by atoms with Crippen LogP contribution in [0.25, 0.3) is 0 Å². The van der Waals surface area contributed by atoms with Crippen molar-refractivity contribution in [2.75, 3.05) is 0 Å². The Kier molecular flexibility index (Phi) is 2.04. The van der Waals surface area contributed by atoms with Crippen LogP contribution in [0.4, 0.5) is 0 Å². The first-order chi connectivity index (χ1) is 8.03. The molecule has 1 aliphatic carbocycles.